The fraction of sp³-hybridized carbons (Fsp3) is 0.171. The number of benzene rings is 4. The smallest absolute Gasteiger partial charge is 0.240 e. The third-order valence-corrected chi connectivity index (χ3v) is 8.34. The minimum absolute atomic E-state index is 0.174. The van der Waals surface area contributed by atoms with Crippen molar-refractivity contribution in [3.05, 3.63) is 109 Å². The van der Waals surface area contributed by atoms with Crippen LogP contribution in [-0.4, -0.2) is 26.8 Å². The predicted octanol–water partition coefficient (Wildman–Crippen LogP) is 7.47. The van der Waals surface area contributed by atoms with Crippen LogP contribution in [-0.2, 0) is 9.59 Å². The summed E-state index contributed by atoms with van der Waals surface area (Å²) in [5.74, 6) is 1.48. The second-order valence-electron chi connectivity index (χ2n) is 11.4. The Morgan fingerprint density at radius 1 is 0.439 bits per heavy atom. The predicted molar refractivity (Wildman–Crippen MR) is 162 cm³/mol. The van der Waals surface area contributed by atoms with Crippen LogP contribution in [0.4, 0.5) is 5.69 Å². The highest BCUT2D eigenvalue weighted by atomic mass is 16.2. The molecule has 0 saturated carbocycles. The van der Waals surface area contributed by atoms with Crippen LogP contribution in [0.15, 0.2) is 109 Å². The summed E-state index contributed by atoms with van der Waals surface area (Å²) in [7, 11) is 0. The van der Waals surface area contributed by atoms with Gasteiger partial charge in [0.15, 0.2) is 17.5 Å². The standard InChI is InChI=1S/C35H30N4O2/c1-34(2)32(40)39(33(41)35(34,3)4)28-21-19-24(20-22-28)23-15-17-27(18-16-23)31-37-29(25-11-7-5-8-12-25)36-30(38-31)26-13-9-6-10-14-26/h5-22H,1-4H3. The highest BCUT2D eigenvalue weighted by molar-refractivity contribution is 6.24. The van der Waals surface area contributed by atoms with Crippen LogP contribution in [0.25, 0.3) is 45.3 Å². The second kappa shape index (κ2) is 9.89. The molecule has 0 spiro atoms. The molecule has 0 N–H and O–H groups in total. The van der Waals surface area contributed by atoms with Gasteiger partial charge in [-0.1, -0.05) is 97.1 Å². The molecule has 2 amide bonds. The molecule has 1 aliphatic heterocycles. The number of aromatic nitrogens is 3. The van der Waals surface area contributed by atoms with Gasteiger partial charge in [0.25, 0.3) is 0 Å². The van der Waals surface area contributed by atoms with E-state index in [0.29, 0.717) is 23.2 Å². The molecule has 6 rings (SSSR count). The lowest BCUT2D eigenvalue weighted by molar-refractivity contribution is -0.129. The Balaban J connectivity index is 1.31. The lowest BCUT2D eigenvalue weighted by Crippen LogP contribution is -2.35. The maximum Gasteiger partial charge on any atom is 0.240 e. The van der Waals surface area contributed by atoms with Gasteiger partial charge < -0.3 is 0 Å². The molecule has 1 saturated heterocycles. The first-order valence-corrected chi connectivity index (χ1v) is 13.6. The minimum atomic E-state index is -0.769. The van der Waals surface area contributed by atoms with Gasteiger partial charge in [-0.3, -0.25) is 9.59 Å². The molecule has 202 valence electrons. The Labute approximate surface area is 239 Å². The Hall–Kier alpha value is -4.97. The average Bonchev–Trinajstić information content (AvgIpc) is 3.13. The molecule has 1 aromatic heterocycles. The van der Waals surface area contributed by atoms with Crippen LogP contribution < -0.4 is 4.90 Å². The van der Waals surface area contributed by atoms with Gasteiger partial charge >= 0.3 is 0 Å². The Morgan fingerprint density at radius 2 is 0.756 bits per heavy atom. The molecule has 0 aliphatic carbocycles. The molecule has 4 aromatic carbocycles. The number of hydrogen-bond acceptors (Lipinski definition) is 5. The average molecular weight is 539 g/mol. The zero-order chi connectivity index (χ0) is 28.8. The second-order valence-corrected chi connectivity index (χ2v) is 11.4. The van der Waals surface area contributed by atoms with E-state index in [0.717, 1.165) is 27.8 Å². The van der Waals surface area contributed by atoms with Gasteiger partial charge in [-0.2, -0.15) is 0 Å². The largest absolute Gasteiger partial charge is 0.273 e. The highest BCUT2D eigenvalue weighted by Crippen LogP contribution is 2.48. The lowest BCUT2D eigenvalue weighted by atomic mass is 9.70. The number of anilines is 1. The Kier molecular flexibility index (Phi) is 6.34. The third kappa shape index (κ3) is 4.51. The van der Waals surface area contributed by atoms with Crippen molar-refractivity contribution in [1.29, 1.82) is 0 Å². The summed E-state index contributed by atoms with van der Waals surface area (Å²) in [6.07, 6.45) is 0. The van der Waals surface area contributed by atoms with Crippen molar-refractivity contribution in [2.45, 2.75) is 27.7 Å². The fourth-order valence-electron chi connectivity index (χ4n) is 4.97. The first-order chi connectivity index (χ1) is 19.7. The van der Waals surface area contributed by atoms with Crippen LogP contribution in [0.5, 0.6) is 0 Å². The maximum absolute atomic E-state index is 13.1. The molecular weight excluding hydrogens is 508 g/mol. The summed E-state index contributed by atoms with van der Waals surface area (Å²) in [5, 5.41) is 0. The van der Waals surface area contributed by atoms with Crippen molar-refractivity contribution in [3.63, 3.8) is 0 Å². The lowest BCUT2D eigenvalue weighted by Gasteiger charge is -2.28. The van der Waals surface area contributed by atoms with E-state index < -0.39 is 10.8 Å². The van der Waals surface area contributed by atoms with Crippen molar-refractivity contribution in [2.75, 3.05) is 4.90 Å². The monoisotopic (exact) mass is 538 g/mol. The maximum atomic E-state index is 13.1. The molecule has 0 bridgehead atoms. The molecule has 0 radical (unpaired) electrons. The molecule has 6 heteroatoms. The summed E-state index contributed by atoms with van der Waals surface area (Å²) in [5.41, 5.74) is 3.75. The molecule has 1 fully saturated rings. The number of carbonyl (C=O) groups is 2. The molecule has 1 aliphatic rings. The van der Waals surface area contributed by atoms with Gasteiger partial charge in [0.05, 0.1) is 16.5 Å². The van der Waals surface area contributed by atoms with E-state index in [2.05, 4.69) is 0 Å². The molecule has 41 heavy (non-hydrogen) atoms. The van der Waals surface area contributed by atoms with E-state index in [4.69, 9.17) is 15.0 Å². The van der Waals surface area contributed by atoms with Gasteiger partial charge in [0.1, 0.15) is 0 Å². The van der Waals surface area contributed by atoms with E-state index in [9.17, 15) is 9.59 Å². The summed E-state index contributed by atoms with van der Waals surface area (Å²) in [6, 6.07) is 35.4. The van der Waals surface area contributed by atoms with Gasteiger partial charge in [-0.25, -0.2) is 19.9 Å². The van der Waals surface area contributed by atoms with E-state index >= 15 is 0 Å². The van der Waals surface area contributed by atoms with Crippen LogP contribution in [0.3, 0.4) is 0 Å². The number of nitrogens with zero attached hydrogens (tertiary/aromatic N) is 4. The number of rotatable bonds is 5. The zero-order valence-electron chi connectivity index (χ0n) is 23.5. The number of imide groups is 1. The van der Waals surface area contributed by atoms with Crippen LogP contribution in [0.2, 0.25) is 0 Å². The van der Waals surface area contributed by atoms with Crippen molar-refractivity contribution in [3.8, 4) is 45.3 Å². The molecule has 6 nitrogen and oxygen atoms in total. The van der Waals surface area contributed by atoms with E-state index in [1.807, 2.05) is 137 Å². The van der Waals surface area contributed by atoms with Crippen molar-refractivity contribution < 1.29 is 9.59 Å². The van der Waals surface area contributed by atoms with Gasteiger partial charge in [-0.15, -0.1) is 0 Å². The topological polar surface area (TPSA) is 76.1 Å². The Bertz CT molecular complexity index is 1660. The zero-order valence-corrected chi connectivity index (χ0v) is 23.5. The quantitative estimate of drug-likeness (QED) is 0.217. The Morgan fingerprint density at radius 3 is 1.15 bits per heavy atom. The first kappa shape index (κ1) is 26.3. The molecule has 5 aromatic rings. The number of carbonyl (C=O) groups excluding carboxylic acids is 2. The summed E-state index contributed by atoms with van der Waals surface area (Å²) >= 11 is 0. The van der Waals surface area contributed by atoms with Crippen LogP contribution in [0, 0.1) is 10.8 Å². The highest BCUT2D eigenvalue weighted by Gasteiger charge is 2.59. The van der Waals surface area contributed by atoms with Crippen molar-refractivity contribution >= 4 is 17.5 Å². The SMILES string of the molecule is CC1(C)C(=O)N(c2ccc(-c3ccc(-c4nc(-c5ccccc5)nc(-c5ccccc5)n4)cc3)cc2)C(=O)C1(C)C. The first-order valence-electron chi connectivity index (χ1n) is 13.6. The third-order valence-electron chi connectivity index (χ3n) is 8.34. The van der Waals surface area contributed by atoms with E-state index in [1.165, 1.54) is 4.90 Å². The van der Waals surface area contributed by atoms with Crippen LogP contribution >= 0.6 is 0 Å². The molecule has 0 unspecified atom stereocenters. The number of amides is 2. The van der Waals surface area contributed by atoms with Gasteiger partial charge in [0, 0.05) is 16.7 Å². The molecular formula is C35H30N4O2. The van der Waals surface area contributed by atoms with Gasteiger partial charge in [0.2, 0.25) is 11.8 Å². The van der Waals surface area contributed by atoms with Gasteiger partial charge in [-0.05, 0) is 51.0 Å². The van der Waals surface area contributed by atoms with Crippen molar-refractivity contribution in [2.24, 2.45) is 10.8 Å². The molecule has 2 heterocycles. The van der Waals surface area contributed by atoms with E-state index in [1.54, 1.807) is 0 Å². The normalized spacial score (nSPS) is 15.8. The van der Waals surface area contributed by atoms with Crippen LogP contribution in [0.1, 0.15) is 27.7 Å². The summed E-state index contributed by atoms with van der Waals surface area (Å²) < 4.78 is 0. The minimum Gasteiger partial charge on any atom is -0.273 e. The fourth-order valence-corrected chi connectivity index (χ4v) is 4.97. The molecule has 0 atom stereocenters. The summed E-state index contributed by atoms with van der Waals surface area (Å²) in [6.45, 7) is 7.34. The van der Waals surface area contributed by atoms with Crippen molar-refractivity contribution in [1.82, 2.24) is 15.0 Å². The van der Waals surface area contributed by atoms with E-state index in [-0.39, 0.29) is 11.8 Å². The number of hydrogen-bond donors (Lipinski definition) is 0. The summed E-state index contributed by atoms with van der Waals surface area (Å²) in [4.78, 5) is 41.9.